The molecule has 1 rings (SSSR count). The Labute approximate surface area is 202 Å². The van der Waals surface area contributed by atoms with E-state index in [1.807, 2.05) is 6.92 Å². The molecule has 0 amide bonds. The number of allylic oxidation sites excluding steroid dienone is 4. The molecule has 0 aromatic heterocycles. The van der Waals surface area contributed by atoms with Crippen LogP contribution in [-0.2, 0) is 23.7 Å². The molecule has 1 N–H and O–H groups in total. The molecule has 0 bridgehead atoms. The van der Waals surface area contributed by atoms with Gasteiger partial charge in [0.25, 0.3) is 0 Å². The van der Waals surface area contributed by atoms with Crippen LogP contribution in [0.4, 0.5) is 0 Å². The van der Waals surface area contributed by atoms with Crippen LogP contribution in [0.25, 0.3) is 0 Å². The van der Waals surface area contributed by atoms with E-state index < -0.39 is 11.9 Å². The normalized spacial score (nSPS) is 24.3. The maximum Gasteiger partial charge on any atom is 0.233 e. The zero-order valence-electron chi connectivity index (χ0n) is 22.6. The summed E-state index contributed by atoms with van der Waals surface area (Å²) < 4.78 is 28.1. The Morgan fingerprint density at radius 1 is 0.970 bits per heavy atom. The molecular formula is C27H48O6. The molecule has 0 aromatic rings. The van der Waals surface area contributed by atoms with Gasteiger partial charge in [-0.3, -0.25) is 0 Å². The smallest absolute Gasteiger partial charge is 0.233 e. The van der Waals surface area contributed by atoms with Crippen molar-refractivity contribution in [3.05, 3.63) is 34.8 Å². The molecule has 0 saturated carbocycles. The highest BCUT2D eigenvalue weighted by molar-refractivity contribution is 5.24. The van der Waals surface area contributed by atoms with Crippen molar-refractivity contribution >= 4 is 0 Å². The number of methoxy groups -OCH3 is 5. The summed E-state index contributed by atoms with van der Waals surface area (Å²) in [5, 5.41) is 11.0. The highest BCUT2D eigenvalue weighted by Gasteiger charge is 2.54. The third kappa shape index (κ3) is 7.57. The van der Waals surface area contributed by atoms with Crippen LogP contribution >= 0.6 is 0 Å². The third-order valence-corrected chi connectivity index (χ3v) is 7.16. The topological polar surface area (TPSA) is 66.4 Å². The molecule has 0 aromatic carbocycles. The van der Waals surface area contributed by atoms with Crippen molar-refractivity contribution in [1.29, 1.82) is 0 Å². The summed E-state index contributed by atoms with van der Waals surface area (Å²) in [4.78, 5) is 0. The zero-order chi connectivity index (χ0) is 25.2. The molecule has 1 aliphatic carbocycles. The zero-order valence-corrected chi connectivity index (χ0v) is 22.6. The standard InChI is InChI=1S/C27H48O6/c1-19(15-12-18-26(4,5)31-8)13-11-14-20(2)16-17-22-21(3)27(32-9,33-10)25(30-7)24(29-6)23(22)28/h13,16,21-23,28H,11-12,14-15,17-18H2,1-10H3/b19-13+,20-16+. The van der Waals surface area contributed by atoms with Crippen LogP contribution in [0.1, 0.15) is 73.1 Å². The Hall–Kier alpha value is -1.34. The van der Waals surface area contributed by atoms with Crippen molar-refractivity contribution in [1.82, 2.24) is 0 Å². The van der Waals surface area contributed by atoms with Crippen molar-refractivity contribution in [2.24, 2.45) is 11.8 Å². The number of ether oxygens (including phenoxy) is 5. The van der Waals surface area contributed by atoms with Gasteiger partial charge in [-0.2, -0.15) is 0 Å². The first-order valence-corrected chi connectivity index (χ1v) is 12.0. The van der Waals surface area contributed by atoms with Crippen LogP contribution in [0.15, 0.2) is 34.8 Å². The third-order valence-electron chi connectivity index (χ3n) is 7.16. The van der Waals surface area contributed by atoms with Gasteiger partial charge in [-0.1, -0.05) is 30.2 Å². The summed E-state index contributed by atoms with van der Waals surface area (Å²) in [5.74, 6) is -0.607. The van der Waals surface area contributed by atoms with Crippen LogP contribution < -0.4 is 0 Å². The predicted octanol–water partition coefficient (Wildman–Crippen LogP) is 5.76. The summed E-state index contributed by atoms with van der Waals surface area (Å²) in [6.45, 7) is 10.6. The largest absolute Gasteiger partial charge is 0.495 e. The summed E-state index contributed by atoms with van der Waals surface area (Å²) in [6.07, 6.45) is 9.77. The molecule has 0 heterocycles. The number of aliphatic hydroxyl groups excluding tert-OH is 1. The van der Waals surface area contributed by atoms with E-state index in [4.69, 9.17) is 23.7 Å². The van der Waals surface area contributed by atoms with E-state index in [1.54, 1.807) is 28.4 Å². The molecule has 1 aliphatic rings. The van der Waals surface area contributed by atoms with E-state index in [-0.39, 0.29) is 17.4 Å². The van der Waals surface area contributed by atoms with E-state index in [0.717, 1.165) is 32.1 Å². The lowest BCUT2D eigenvalue weighted by Gasteiger charge is -2.46. The second kappa shape index (κ2) is 13.5. The minimum Gasteiger partial charge on any atom is -0.495 e. The minimum absolute atomic E-state index is 0.0501. The lowest BCUT2D eigenvalue weighted by atomic mass is 9.74. The molecule has 0 spiro atoms. The van der Waals surface area contributed by atoms with E-state index in [1.165, 1.54) is 18.3 Å². The van der Waals surface area contributed by atoms with Crippen LogP contribution in [0, 0.1) is 11.8 Å². The fourth-order valence-corrected chi connectivity index (χ4v) is 4.67. The fourth-order valence-electron chi connectivity index (χ4n) is 4.67. The van der Waals surface area contributed by atoms with Crippen LogP contribution in [0.2, 0.25) is 0 Å². The van der Waals surface area contributed by atoms with E-state index in [9.17, 15) is 5.11 Å². The number of hydrogen-bond acceptors (Lipinski definition) is 6. The maximum atomic E-state index is 11.0. The van der Waals surface area contributed by atoms with Crippen molar-refractivity contribution < 1.29 is 28.8 Å². The molecule has 6 heteroatoms. The molecule has 0 radical (unpaired) electrons. The molecule has 0 fully saturated rings. The molecule has 192 valence electrons. The molecular weight excluding hydrogens is 420 g/mol. The van der Waals surface area contributed by atoms with Gasteiger partial charge in [0.05, 0.1) is 19.8 Å². The maximum absolute atomic E-state index is 11.0. The van der Waals surface area contributed by atoms with Crippen molar-refractivity contribution in [2.75, 3.05) is 35.5 Å². The fraction of sp³-hybridized carbons (Fsp3) is 0.778. The van der Waals surface area contributed by atoms with Gasteiger partial charge < -0.3 is 28.8 Å². The van der Waals surface area contributed by atoms with Gasteiger partial charge in [0, 0.05) is 33.2 Å². The first kappa shape index (κ1) is 29.7. The highest BCUT2D eigenvalue weighted by Crippen LogP contribution is 2.46. The SMILES string of the molecule is COC1=C(OC)C(OC)(OC)C(C)C(C/C=C(\C)CC/C=C(\C)CCCC(C)(C)OC)C1O. The van der Waals surface area contributed by atoms with Crippen LogP contribution in [-0.4, -0.2) is 58.1 Å². The monoisotopic (exact) mass is 468 g/mol. The van der Waals surface area contributed by atoms with Gasteiger partial charge in [0.1, 0.15) is 6.10 Å². The van der Waals surface area contributed by atoms with Gasteiger partial charge in [0.15, 0.2) is 11.5 Å². The molecule has 3 unspecified atom stereocenters. The molecule has 3 atom stereocenters. The van der Waals surface area contributed by atoms with E-state index in [0.29, 0.717) is 17.9 Å². The van der Waals surface area contributed by atoms with Crippen molar-refractivity contribution in [3.63, 3.8) is 0 Å². The summed E-state index contributed by atoms with van der Waals surface area (Å²) >= 11 is 0. The van der Waals surface area contributed by atoms with Crippen molar-refractivity contribution in [3.8, 4) is 0 Å². The average molecular weight is 469 g/mol. The molecule has 6 nitrogen and oxygen atoms in total. The van der Waals surface area contributed by atoms with Crippen molar-refractivity contribution in [2.45, 2.75) is 90.6 Å². The highest BCUT2D eigenvalue weighted by atomic mass is 16.7. The first-order chi connectivity index (χ1) is 15.5. The average Bonchev–Trinajstić information content (AvgIpc) is 2.78. The van der Waals surface area contributed by atoms with Crippen LogP contribution in [0.3, 0.4) is 0 Å². The summed E-state index contributed by atoms with van der Waals surface area (Å²) in [7, 11) is 8.03. The summed E-state index contributed by atoms with van der Waals surface area (Å²) in [5.41, 5.74) is 2.68. The lowest BCUT2D eigenvalue weighted by Crippen LogP contribution is -2.54. The van der Waals surface area contributed by atoms with Crippen LogP contribution in [0.5, 0.6) is 0 Å². The Morgan fingerprint density at radius 2 is 1.58 bits per heavy atom. The second-order valence-electron chi connectivity index (χ2n) is 9.77. The summed E-state index contributed by atoms with van der Waals surface area (Å²) in [6, 6.07) is 0. The lowest BCUT2D eigenvalue weighted by molar-refractivity contribution is -0.256. The molecule has 0 aliphatic heterocycles. The Morgan fingerprint density at radius 3 is 2.09 bits per heavy atom. The van der Waals surface area contributed by atoms with Gasteiger partial charge >= 0.3 is 0 Å². The van der Waals surface area contributed by atoms with Gasteiger partial charge in [-0.15, -0.1) is 0 Å². The van der Waals surface area contributed by atoms with E-state index in [2.05, 4.69) is 39.8 Å². The number of rotatable bonds is 14. The Bertz CT molecular complexity index is 687. The number of hydrogen-bond donors (Lipinski definition) is 1. The number of aliphatic hydroxyl groups is 1. The van der Waals surface area contributed by atoms with Gasteiger partial charge in [-0.05, 0) is 66.2 Å². The Kier molecular flexibility index (Phi) is 12.2. The molecule has 33 heavy (non-hydrogen) atoms. The first-order valence-electron chi connectivity index (χ1n) is 12.0. The minimum atomic E-state index is -1.09. The Balaban J connectivity index is 2.77. The van der Waals surface area contributed by atoms with E-state index >= 15 is 0 Å². The predicted molar refractivity (Wildman–Crippen MR) is 133 cm³/mol. The second-order valence-corrected chi connectivity index (χ2v) is 9.77. The van der Waals surface area contributed by atoms with Gasteiger partial charge in [0.2, 0.25) is 5.79 Å². The molecule has 0 saturated heterocycles. The van der Waals surface area contributed by atoms with Gasteiger partial charge in [-0.25, -0.2) is 0 Å². The quantitative estimate of drug-likeness (QED) is 0.258.